The number of esters is 2. The van der Waals surface area contributed by atoms with E-state index in [1.807, 2.05) is 78.9 Å². The maximum absolute atomic E-state index is 13.7. The van der Waals surface area contributed by atoms with Crippen molar-refractivity contribution in [1.82, 2.24) is 0 Å². The molecule has 0 heterocycles. The van der Waals surface area contributed by atoms with Gasteiger partial charge in [-0.25, -0.2) is 9.59 Å². The van der Waals surface area contributed by atoms with Crippen molar-refractivity contribution < 1.29 is 19.1 Å². The molecule has 0 bridgehead atoms. The Morgan fingerprint density at radius 3 is 1.42 bits per heavy atom. The highest BCUT2D eigenvalue weighted by atomic mass is 16.5. The van der Waals surface area contributed by atoms with Gasteiger partial charge in [0, 0.05) is 5.56 Å². The van der Waals surface area contributed by atoms with Crippen LogP contribution in [0.4, 0.5) is 0 Å². The van der Waals surface area contributed by atoms with E-state index in [0.717, 1.165) is 16.7 Å². The summed E-state index contributed by atoms with van der Waals surface area (Å²) < 4.78 is 11.4. The number of ether oxygens (including phenoxy) is 2. The molecule has 0 aliphatic rings. The topological polar surface area (TPSA) is 52.6 Å². The molecule has 0 unspecified atom stereocenters. The van der Waals surface area contributed by atoms with Gasteiger partial charge in [-0.1, -0.05) is 103 Å². The molecule has 4 nitrogen and oxygen atoms in total. The minimum Gasteiger partial charge on any atom is -0.423 e. The molecule has 0 saturated carbocycles. The van der Waals surface area contributed by atoms with E-state index in [0.29, 0.717) is 17.1 Å². The third kappa shape index (κ3) is 4.93. The van der Waals surface area contributed by atoms with E-state index < -0.39 is 11.9 Å². The normalized spacial score (nSPS) is 10.4. The van der Waals surface area contributed by atoms with Crippen molar-refractivity contribution in [1.29, 1.82) is 0 Å². The monoisotopic (exact) mass is 470 g/mol. The van der Waals surface area contributed by atoms with Crippen LogP contribution in [0.25, 0.3) is 22.3 Å². The first-order chi connectivity index (χ1) is 17.7. The van der Waals surface area contributed by atoms with Crippen LogP contribution in [0.1, 0.15) is 20.7 Å². The van der Waals surface area contributed by atoms with E-state index in [2.05, 4.69) is 0 Å². The van der Waals surface area contributed by atoms with E-state index in [-0.39, 0.29) is 11.1 Å². The summed E-state index contributed by atoms with van der Waals surface area (Å²) in [5.74, 6) is -0.511. The highest BCUT2D eigenvalue weighted by Gasteiger charge is 2.27. The zero-order valence-electron chi connectivity index (χ0n) is 19.3. The molecule has 0 amide bonds. The lowest BCUT2D eigenvalue weighted by atomic mass is 9.87. The van der Waals surface area contributed by atoms with Crippen molar-refractivity contribution in [3.8, 4) is 33.8 Å². The molecule has 36 heavy (non-hydrogen) atoms. The van der Waals surface area contributed by atoms with Gasteiger partial charge in [0.25, 0.3) is 0 Å². The summed E-state index contributed by atoms with van der Waals surface area (Å²) >= 11 is 0. The standard InChI is InChI=1S/C32H22O4/c33-31(35-25-17-9-3-10-18-25)28-22-21-27(23-13-5-1-6-14-23)29(24-15-7-2-8-16-24)30(28)32(34)36-26-19-11-4-12-20-26/h1-22H. The molecule has 0 spiro atoms. The molecule has 0 N–H and O–H groups in total. The Morgan fingerprint density at radius 2 is 0.889 bits per heavy atom. The minimum absolute atomic E-state index is 0.123. The van der Waals surface area contributed by atoms with Gasteiger partial charge in [-0.15, -0.1) is 0 Å². The Kier molecular flexibility index (Phi) is 6.68. The summed E-state index contributed by atoms with van der Waals surface area (Å²) in [6, 6.07) is 40.3. The second kappa shape index (κ2) is 10.5. The van der Waals surface area contributed by atoms with Crippen molar-refractivity contribution in [3.63, 3.8) is 0 Å². The van der Waals surface area contributed by atoms with Crippen LogP contribution in [-0.2, 0) is 0 Å². The molecular formula is C32H22O4. The van der Waals surface area contributed by atoms with E-state index in [1.165, 1.54) is 0 Å². The molecule has 0 aliphatic carbocycles. The third-order valence-electron chi connectivity index (χ3n) is 5.68. The van der Waals surface area contributed by atoms with Gasteiger partial charge in [-0.05, 0) is 47.0 Å². The zero-order valence-corrected chi connectivity index (χ0v) is 19.3. The largest absolute Gasteiger partial charge is 0.423 e. The van der Waals surface area contributed by atoms with Crippen LogP contribution in [0.2, 0.25) is 0 Å². The average molecular weight is 471 g/mol. The third-order valence-corrected chi connectivity index (χ3v) is 5.68. The summed E-state index contributed by atoms with van der Waals surface area (Å²) in [6.07, 6.45) is 0. The van der Waals surface area contributed by atoms with Crippen molar-refractivity contribution in [2.45, 2.75) is 0 Å². The molecule has 5 aromatic carbocycles. The molecule has 5 rings (SSSR count). The predicted molar refractivity (Wildman–Crippen MR) is 140 cm³/mol. The Bertz CT molecular complexity index is 1480. The van der Waals surface area contributed by atoms with Crippen LogP contribution >= 0.6 is 0 Å². The second-order valence-corrected chi connectivity index (χ2v) is 8.05. The van der Waals surface area contributed by atoms with Crippen molar-refractivity contribution in [3.05, 3.63) is 145 Å². The minimum atomic E-state index is -0.641. The lowest BCUT2D eigenvalue weighted by Crippen LogP contribution is -2.19. The second-order valence-electron chi connectivity index (χ2n) is 8.05. The van der Waals surface area contributed by atoms with Gasteiger partial charge in [-0.2, -0.15) is 0 Å². The highest BCUT2D eigenvalue weighted by molar-refractivity contribution is 6.11. The summed E-state index contributed by atoms with van der Waals surface area (Å²) in [5, 5.41) is 0. The maximum Gasteiger partial charge on any atom is 0.345 e. The molecule has 0 radical (unpaired) electrons. The summed E-state index contributed by atoms with van der Waals surface area (Å²) in [7, 11) is 0. The summed E-state index contributed by atoms with van der Waals surface area (Å²) in [4.78, 5) is 27.1. The van der Waals surface area contributed by atoms with Gasteiger partial charge < -0.3 is 9.47 Å². The van der Waals surface area contributed by atoms with E-state index in [4.69, 9.17) is 9.47 Å². The zero-order chi connectivity index (χ0) is 24.7. The van der Waals surface area contributed by atoms with Gasteiger partial charge >= 0.3 is 11.9 Å². The average Bonchev–Trinajstić information content (AvgIpc) is 2.94. The van der Waals surface area contributed by atoms with Crippen LogP contribution in [0.3, 0.4) is 0 Å². The number of carbonyl (C=O) groups is 2. The van der Waals surface area contributed by atoms with E-state index in [1.54, 1.807) is 54.6 Å². The molecular weight excluding hydrogens is 448 g/mol. The van der Waals surface area contributed by atoms with E-state index in [9.17, 15) is 9.59 Å². The first kappa shape index (κ1) is 22.8. The Morgan fingerprint density at radius 1 is 0.444 bits per heavy atom. The van der Waals surface area contributed by atoms with Gasteiger partial charge in [-0.3, -0.25) is 0 Å². The number of carbonyl (C=O) groups excluding carboxylic acids is 2. The molecule has 0 fully saturated rings. The molecule has 4 heteroatoms. The van der Waals surface area contributed by atoms with Crippen LogP contribution in [0.5, 0.6) is 11.5 Å². The fourth-order valence-electron chi connectivity index (χ4n) is 4.04. The number of benzene rings is 5. The van der Waals surface area contributed by atoms with Gasteiger partial charge in [0.2, 0.25) is 0 Å². The first-order valence-corrected chi connectivity index (χ1v) is 11.5. The lowest BCUT2D eigenvalue weighted by molar-refractivity contribution is 0.0692. The lowest BCUT2D eigenvalue weighted by Gasteiger charge is -2.18. The summed E-state index contributed by atoms with van der Waals surface area (Å²) in [5.41, 5.74) is 3.37. The number of hydrogen-bond donors (Lipinski definition) is 0. The van der Waals surface area contributed by atoms with Gasteiger partial charge in [0.15, 0.2) is 0 Å². The molecule has 5 aromatic rings. The fourth-order valence-corrected chi connectivity index (χ4v) is 4.04. The first-order valence-electron chi connectivity index (χ1n) is 11.5. The van der Waals surface area contributed by atoms with E-state index >= 15 is 0 Å². The number of hydrogen-bond acceptors (Lipinski definition) is 4. The quantitative estimate of drug-likeness (QED) is 0.191. The smallest absolute Gasteiger partial charge is 0.345 e. The predicted octanol–water partition coefficient (Wildman–Crippen LogP) is 7.46. The Labute approximate surface area is 209 Å². The van der Waals surface area contributed by atoms with Gasteiger partial charge in [0.1, 0.15) is 11.5 Å². The molecule has 174 valence electrons. The number of rotatable bonds is 6. The van der Waals surface area contributed by atoms with Crippen LogP contribution in [0, 0.1) is 0 Å². The van der Waals surface area contributed by atoms with Crippen LogP contribution < -0.4 is 9.47 Å². The van der Waals surface area contributed by atoms with Crippen molar-refractivity contribution in [2.75, 3.05) is 0 Å². The number of para-hydroxylation sites is 2. The highest BCUT2D eigenvalue weighted by Crippen LogP contribution is 2.38. The summed E-state index contributed by atoms with van der Waals surface area (Å²) in [6.45, 7) is 0. The molecule has 0 saturated heterocycles. The van der Waals surface area contributed by atoms with Crippen molar-refractivity contribution in [2.24, 2.45) is 0 Å². The van der Waals surface area contributed by atoms with Crippen LogP contribution in [-0.4, -0.2) is 11.9 Å². The SMILES string of the molecule is O=C(Oc1ccccc1)c1ccc(-c2ccccc2)c(-c2ccccc2)c1C(=O)Oc1ccccc1. The molecule has 0 aliphatic heterocycles. The fraction of sp³-hybridized carbons (Fsp3) is 0. The van der Waals surface area contributed by atoms with Crippen LogP contribution in [0.15, 0.2) is 133 Å². The van der Waals surface area contributed by atoms with Gasteiger partial charge in [0.05, 0.1) is 11.1 Å². The maximum atomic E-state index is 13.7. The molecule has 0 atom stereocenters. The Balaban J connectivity index is 1.72. The van der Waals surface area contributed by atoms with Crippen molar-refractivity contribution >= 4 is 11.9 Å². The Hall–Kier alpha value is -4.96. The molecule has 0 aromatic heterocycles.